The lowest BCUT2D eigenvalue weighted by atomic mass is 10.1. The highest BCUT2D eigenvalue weighted by Gasteiger charge is 2.07. The minimum Gasteiger partial charge on any atom is -0.497 e. The van der Waals surface area contributed by atoms with Gasteiger partial charge in [0.1, 0.15) is 5.75 Å². The van der Waals surface area contributed by atoms with Crippen molar-refractivity contribution in [2.24, 2.45) is 0 Å². The van der Waals surface area contributed by atoms with Crippen LogP contribution in [0.15, 0.2) is 63.9 Å². The molecule has 1 N–H and O–H groups in total. The molecule has 4 rings (SSSR count). The Bertz CT molecular complexity index is 1060. The minimum absolute atomic E-state index is 0.269. The van der Waals surface area contributed by atoms with Crippen molar-refractivity contribution in [2.75, 3.05) is 7.11 Å². The van der Waals surface area contributed by atoms with Crippen molar-refractivity contribution >= 4 is 10.9 Å². The summed E-state index contributed by atoms with van der Waals surface area (Å²) in [7, 11) is 1.64. The Morgan fingerprint density at radius 1 is 0.958 bits per heavy atom. The van der Waals surface area contributed by atoms with Crippen LogP contribution in [0.5, 0.6) is 5.75 Å². The molecule has 0 bridgehead atoms. The van der Waals surface area contributed by atoms with Gasteiger partial charge in [-0.2, -0.15) is 10.1 Å². The van der Waals surface area contributed by atoms with Crippen molar-refractivity contribution in [3.8, 4) is 28.5 Å². The molecule has 0 unspecified atom stereocenters. The first-order valence-electron chi connectivity index (χ1n) is 7.34. The number of pyridine rings is 1. The number of H-pyrrole nitrogens is 1. The van der Waals surface area contributed by atoms with Crippen LogP contribution in [0, 0.1) is 0 Å². The highest BCUT2D eigenvalue weighted by atomic mass is 16.5. The second-order valence-electron chi connectivity index (χ2n) is 5.26. The molecule has 0 aliphatic rings. The summed E-state index contributed by atoms with van der Waals surface area (Å²) in [5, 5.41) is 3.20. The molecule has 0 saturated carbocycles. The molecule has 0 aliphatic carbocycles. The molecule has 0 spiro atoms. The summed E-state index contributed by atoms with van der Waals surface area (Å²) in [5.41, 5.74) is 2.95. The normalized spacial score (nSPS) is 10.9. The van der Waals surface area contributed by atoms with Gasteiger partial charge >= 0.3 is 5.69 Å². The number of aromatic amines is 1. The molecule has 0 aliphatic heterocycles. The fraction of sp³-hybridized carbons (Fsp3) is 0.0556. The highest BCUT2D eigenvalue weighted by molar-refractivity contribution is 5.83. The first-order chi connectivity index (χ1) is 11.7. The zero-order valence-corrected chi connectivity index (χ0v) is 12.8. The summed E-state index contributed by atoms with van der Waals surface area (Å²) in [5.74, 6) is 1.08. The Hall–Kier alpha value is -3.41. The Morgan fingerprint density at radius 2 is 1.75 bits per heavy atom. The average molecular weight is 319 g/mol. The molecule has 2 aromatic heterocycles. The number of rotatable bonds is 3. The lowest BCUT2D eigenvalue weighted by Crippen LogP contribution is -1.99. The maximum absolute atomic E-state index is 11.0. The fourth-order valence-corrected chi connectivity index (χ4v) is 2.53. The molecule has 2 aromatic carbocycles. The smallest absolute Gasteiger partial charge is 0.377 e. The third-order valence-electron chi connectivity index (χ3n) is 3.76. The number of nitrogens with zero attached hydrogens (tertiary/aromatic N) is 2. The number of methoxy groups -OCH3 is 1. The molecule has 0 fully saturated rings. The number of benzene rings is 2. The Balaban J connectivity index is 1.70. The molecule has 0 atom stereocenters. The van der Waals surface area contributed by atoms with Gasteiger partial charge in [-0.3, -0.25) is 0 Å². The molecule has 118 valence electrons. The summed E-state index contributed by atoms with van der Waals surface area (Å²) in [6.07, 6.45) is 0. The molecule has 0 radical (unpaired) electrons. The average Bonchev–Trinajstić information content (AvgIpc) is 3.07. The quantitative estimate of drug-likeness (QED) is 0.627. The zero-order valence-electron chi connectivity index (χ0n) is 12.8. The van der Waals surface area contributed by atoms with Crippen LogP contribution in [-0.4, -0.2) is 22.2 Å². The van der Waals surface area contributed by atoms with Crippen molar-refractivity contribution in [3.05, 3.63) is 65.1 Å². The van der Waals surface area contributed by atoms with E-state index in [1.165, 1.54) is 0 Å². The van der Waals surface area contributed by atoms with Crippen LogP contribution in [0.25, 0.3) is 33.6 Å². The summed E-state index contributed by atoms with van der Waals surface area (Å²) >= 11 is 0. The van der Waals surface area contributed by atoms with Crippen LogP contribution >= 0.6 is 0 Å². The van der Waals surface area contributed by atoms with Gasteiger partial charge in [-0.1, -0.05) is 18.2 Å². The van der Waals surface area contributed by atoms with Crippen molar-refractivity contribution < 1.29 is 9.26 Å². The van der Waals surface area contributed by atoms with Gasteiger partial charge < -0.3 is 9.26 Å². The molecule has 24 heavy (non-hydrogen) atoms. The Morgan fingerprint density at radius 3 is 2.46 bits per heavy atom. The molecular weight excluding hydrogens is 306 g/mol. The molecule has 6 heteroatoms. The lowest BCUT2D eigenvalue weighted by Gasteiger charge is -2.05. The van der Waals surface area contributed by atoms with Crippen LogP contribution < -0.4 is 10.4 Å². The largest absolute Gasteiger partial charge is 0.497 e. The zero-order chi connectivity index (χ0) is 16.5. The van der Waals surface area contributed by atoms with Gasteiger partial charge in [0.05, 0.1) is 18.3 Å². The maximum atomic E-state index is 11.0. The van der Waals surface area contributed by atoms with Gasteiger partial charge in [-0.15, -0.1) is 0 Å². The Kier molecular flexibility index (Phi) is 3.35. The summed E-state index contributed by atoms with van der Waals surface area (Å²) in [4.78, 5) is 19.5. The van der Waals surface area contributed by atoms with E-state index in [0.717, 1.165) is 33.5 Å². The van der Waals surface area contributed by atoms with Crippen LogP contribution in [0.2, 0.25) is 0 Å². The molecule has 0 amide bonds. The van der Waals surface area contributed by atoms with Gasteiger partial charge in [-0.25, -0.2) is 9.78 Å². The van der Waals surface area contributed by atoms with Crippen LogP contribution in [0.1, 0.15) is 0 Å². The molecule has 6 nitrogen and oxygen atoms in total. The van der Waals surface area contributed by atoms with Gasteiger partial charge in [0, 0.05) is 16.5 Å². The summed E-state index contributed by atoms with van der Waals surface area (Å²) < 4.78 is 10.2. The molecule has 0 saturated heterocycles. The highest BCUT2D eigenvalue weighted by Crippen LogP contribution is 2.25. The van der Waals surface area contributed by atoms with Crippen LogP contribution in [0.3, 0.4) is 0 Å². The van der Waals surface area contributed by atoms with E-state index in [9.17, 15) is 4.79 Å². The number of aromatic nitrogens is 3. The number of fused-ring (bicyclic) bond motifs is 1. The van der Waals surface area contributed by atoms with Gasteiger partial charge in [0.25, 0.3) is 5.89 Å². The van der Waals surface area contributed by atoms with E-state index >= 15 is 0 Å². The van der Waals surface area contributed by atoms with E-state index in [-0.39, 0.29) is 5.89 Å². The van der Waals surface area contributed by atoms with E-state index in [2.05, 4.69) is 15.1 Å². The topological polar surface area (TPSA) is 81.0 Å². The first-order valence-corrected chi connectivity index (χ1v) is 7.34. The van der Waals surface area contributed by atoms with Crippen molar-refractivity contribution in [2.45, 2.75) is 0 Å². The van der Waals surface area contributed by atoms with Crippen LogP contribution in [0.4, 0.5) is 0 Å². The van der Waals surface area contributed by atoms with E-state index in [1.54, 1.807) is 7.11 Å². The van der Waals surface area contributed by atoms with E-state index in [1.807, 2.05) is 54.6 Å². The number of ether oxygens (including phenoxy) is 1. The van der Waals surface area contributed by atoms with Crippen molar-refractivity contribution in [3.63, 3.8) is 0 Å². The molecule has 2 heterocycles. The first kappa shape index (κ1) is 14.2. The SMILES string of the molecule is COc1ccc2nc(-c3ccc(-c4nc(=O)[nH]o4)cc3)ccc2c1. The second-order valence-corrected chi connectivity index (χ2v) is 5.26. The monoisotopic (exact) mass is 319 g/mol. The van der Waals surface area contributed by atoms with Gasteiger partial charge in [0.15, 0.2) is 0 Å². The third-order valence-corrected chi connectivity index (χ3v) is 3.76. The number of nitrogens with one attached hydrogen (secondary N) is 1. The van der Waals surface area contributed by atoms with Crippen molar-refractivity contribution in [1.29, 1.82) is 0 Å². The van der Waals surface area contributed by atoms with Gasteiger partial charge in [-0.05, 0) is 36.4 Å². The van der Waals surface area contributed by atoms with Crippen LogP contribution in [-0.2, 0) is 0 Å². The van der Waals surface area contributed by atoms with E-state index < -0.39 is 5.69 Å². The Labute approximate surface area is 136 Å². The second kappa shape index (κ2) is 5.66. The molecule has 4 aromatic rings. The molecular formula is C18H13N3O3. The summed E-state index contributed by atoms with van der Waals surface area (Å²) in [6, 6.07) is 17.3. The maximum Gasteiger partial charge on any atom is 0.377 e. The fourth-order valence-electron chi connectivity index (χ4n) is 2.53. The predicted octanol–water partition coefficient (Wildman–Crippen LogP) is 3.25. The van der Waals surface area contributed by atoms with Gasteiger partial charge in [0.2, 0.25) is 0 Å². The third kappa shape index (κ3) is 2.54. The lowest BCUT2D eigenvalue weighted by molar-refractivity contribution is 0.415. The standard InChI is InChI=1S/C18H13N3O3/c1-23-14-7-9-16-13(10-14)6-8-15(19-16)11-2-4-12(5-3-11)17-20-18(22)21-24-17/h2-10H,1H3,(H,21,22). The van der Waals surface area contributed by atoms with Crippen molar-refractivity contribution in [1.82, 2.24) is 15.1 Å². The summed E-state index contributed by atoms with van der Waals surface area (Å²) in [6.45, 7) is 0. The number of hydrogen-bond acceptors (Lipinski definition) is 5. The van der Waals surface area contributed by atoms with E-state index in [4.69, 9.17) is 9.26 Å². The van der Waals surface area contributed by atoms with E-state index in [0.29, 0.717) is 0 Å². The number of hydrogen-bond donors (Lipinski definition) is 1. The predicted molar refractivity (Wildman–Crippen MR) is 89.8 cm³/mol. The minimum atomic E-state index is -0.499.